The summed E-state index contributed by atoms with van der Waals surface area (Å²) < 4.78 is 2.19. The standard InChI is InChI=1S/C23H27N5O2/c1-15-14-16(2)24-22(29)21(15)23(30)25-18-9-11-20-27-26-19(28(20)13-12-18)10-8-17-6-4-3-5-7-17/h3-7,14,18H,8-13H2,1-2H3,(H,24,29)(H,25,30). The van der Waals surface area contributed by atoms with Gasteiger partial charge >= 0.3 is 0 Å². The van der Waals surface area contributed by atoms with Crippen LogP contribution in [0.2, 0.25) is 0 Å². The van der Waals surface area contributed by atoms with Crippen molar-refractivity contribution in [3.8, 4) is 0 Å². The van der Waals surface area contributed by atoms with Crippen molar-refractivity contribution >= 4 is 5.91 Å². The molecule has 1 aliphatic heterocycles. The lowest BCUT2D eigenvalue weighted by atomic mass is 10.1. The van der Waals surface area contributed by atoms with Crippen LogP contribution in [0.25, 0.3) is 0 Å². The molecule has 2 aromatic heterocycles. The molecule has 0 spiro atoms. The van der Waals surface area contributed by atoms with E-state index in [2.05, 4.69) is 37.2 Å². The van der Waals surface area contributed by atoms with Gasteiger partial charge in [-0.25, -0.2) is 0 Å². The third kappa shape index (κ3) is 4.35. The lowest BCUT2D eigenvalue weighted by Crippen LogP contribution is -2.38. The predicted octanol–water partition coefficient (Wildman–Crippen LogP) is 2.50. The number of amides is 1. The molecule has 7 nitrogen and oxygen atoms in total. The summed E-state index contributed by atoms with van der Waals surface area (Å²) in [6, 6.07) is 12.2. The number of aromatic amines is 1. The van der Waals surface area contributed by atoms with Crippen molar-refractivity contribution in [3.05, 3.63) is 80.8 Å². The molecule has 1 atom stereocenters. The fraction of sp³-hybridized carbons (Fsp3) is 0.391. The smallest absolute Gasteiger partial charge is 0.261 e. The molecule has 0 saturated heterocycles. The topological polar surface area (TPSA) is 92.7 Å². The maximum atomic E-state index is 12.7. The minimum Gasteiger partial charge on any atom is -0.349 e. The first kappa shape index (κ1) is 20.1. The number of pyridine rings is 1. The number of aromatic nitrogens is 4. The van der Waals surface area contributed by atoms with E-state index in [-0.39, 0.29) is 23.1 Å². The monoisotopic (exact) mass is 405 g/mol. The highest BCUT2D eigenvalue weighted by molar-refractivity contribution is 5.95. The van der Waals surface area contributed by atoms with Crippen LogP contribution in [0.15, 0.2) is 41.2 Å². The molecule has 1 amide bonds. The molecular weight excluding hydrogens is 378 g/mol. The van der Waals surface area contributed by atoms with E-state index in [1.807, 2.05) is 31.2 Å². The second-order valence-electron chi connectivity index (χ2n) is 8.01. The summed E-state index contributed by atoms with van der Waals surface area (Å²) in [5.41, 5.74) is 2.60. The Hall–Kier alpha value is -3.22. The van der Waals surface area contributed by atoms with Crippen molar-refractivity contribution in [2.45, 2.75) is 58.5 Å². The van der Waals surface area contributed by atoms with Crippen LogP contribution < -0.4 is 10.9 Å². The molecule has 3 aromatic rings. The quantitative estimate of drug-likeness (QED) is 0.682. The average Bonchev–Trinajstić information content (AvgIpc) is 2.99. The first-order valence-corrected chi connectivity index (χ1v) is 10.5. The van der Waals surface area contributed by atoms with Crippen LogP contribution in [0, 0.1) is 13.8 Å². The van der Waals surface area contributed by atoms with Crippen molar-refractivity contribution < 1.29 is 4.79 Å². The van der Waals surface area contributed by atoms with E-state index < -0.39 is 0 Å². The fourth-order valence-electron chi connectivity index (χ4n) is 4.17. The van der Waals surface area contributed by atoms with E-state index in [9.17, 15) is 9.59 Å². The second kappa shape index (κ2) is 8.65. The van der Waals surface area contributed by atoms with Gasteiger partial charge in [0.15, 0.2) is 0 Å². The normalized spacial score (nSPS) is 16.0. The van der Waals surface area contributed by atoms with Gasteiger partial charge in [-0.05, 0) is 50.3 Å². The molecule has 0 fully saturated rings. The molecule has 30 heavy (non-hydrogen) atoms. The van der Waals surface area contributed by atoms with Crippen molar-refractivity contribution in [3.63, 3.8) is 0 Å². The summed E-state index contributed by atoms with van der Waals surface area (Å²) in [5, 5.41) is 11.8. The van der Waals surface area contributed by atoms with Gasteiger partial charge in [0.1, 0.15) is 17.2 Å². The summed E-state index contributed by atoms with van der Waals surface area (Å²) >= 11 is 0. The van der Waals surface area contributed by atoms with Crippen LogP contribution in [-0.4, -0.2) is 31.7 Å². The number of benzene rings is 1. The molecule has 0 aliphatic carbocycles. The molecule has 3 heterocycles. The Morgan fingerprint density at radius 3 is 2.73 bits per heavy atom. The number of rotatable bonds is 5. The minimum absolute atomic E-state index is 0.00118. The zero-order chi connectivity index (χ0) is 21.1. The average molecular weight is 406 g/mol. The van der Waals surface area contributed by atoms with Gasteiger partial charge in [-0.2, -0.15) is 0 Å². The van der Waals surface area contributed by atoms with Crippen molar-refractivity contribution in [2.24, 2.45) is 0 Å². The second-order valence-corrected chi connectivity index (χ2v) is 8.01. The lowest BCUT2D eigenvalue weighted by molar-refractivity contribution is 0.0930. The number of hydrogen-bond donors (Lipinski definition) is 2. The van der Waals surface area contributed by atoms with Crippen molar-refractivity contribution in [1.29, 1.82) is 0 Å². The number of nitrogens with one attached hydrogen (secondary N) is 2. The van der Waals surface area contributed by atoms with Gasteiger partial charge in [0.05, 0.1) is 0 Å². The number of hydrogen-bond acceptors (Lipinski definition) is 4. The number of fused-ring (bicyclic) bond motifs is 1. The molecule has 1 aromatic carbocycles. The Morgan fingerprint density at radius 2 is 1.97 bits per heavy atom. The van der Waals surface area contributed by atoms with Crippen molar-refractivity contribution in [2.75, 3.05) is 0 Å². The van der Waals surface area contributed by atoms with Gasteiger partial charge in [0.25, 0.3) is 11.5 Å². The Balaban J connectivity index is 1.41. The highest BCUT2D eigenvalue weighted by atomic mass is 16.2. The van der Waals surface area contributed by atoms with Gasteiger partial charge in [0, 0.05) is 31.1 Å². The molecule has 1 aliphatic rings. The number of H-pyrrole nitrogens is 1. The van der Waals surface area contributed by atoms with E-state index >= 15 is 0 Å². The Kier molecular flexibility index (Phi) is 5.79. The van der Waals surface area contributed by atoms with E-state index in [1.54, 1.807) is 6.92 Å². The Labute approximate surface area is 175 Å². The SMILES string of the molecule is Cc1cc(C)c(C(=O)NC2CCc3nnc(CCc4ccccc4)n3CC2)c(=O)[nH]1. The number of carbonyl (C=O) groups is 1. The third-order valence-electron chi connectivity index (χ3n) is 5.73. The van der Waals surface area contributed by atoms with Crippen LogP contribution in [0.1, 0.15) is 51.7 Å². The van der Waals surface area contributed by atoms with Crippen LogP contribution in [0.5, 0.6) is 0 Å². The van der Waals surface area contributed by atoms with E-state index in [0.29, 0.717) is 5.56 Å². The third-order valence-corrected chi connectivity index (χ3v) is 5.73. The van der Waals surface area contributed by atoms with E-state index in [0.717, 1.165) is 56.0 Å². The molecule has 2 N–H and O–H groups in total. The van der Waals surface area contributed by atoms with Gasteiger partial charge in [-0.15, -0.1) is 10.2 Å². The fourth-order valence-corrected chi connectivity index (χ4v) is 4.17. The summed E-state index contributed by atoms with van der Waals surface area (Å²) in [5.74, 6) is 1.66. The molecule has 156 valence electrons. The molecule has 7 heteroatoms. The van der Waals surface area contributed by atoms with Crippen LogP contribution >= 0.6 is 0 Å². The molecule has 4 rings (SSSR count). The maximum Gasteiger partial charge on any atom is 0.261 e. The molecule has 0 saturated carbocycles. The first-order valence-electron chi connectivity index (χ1n) is 10.5. The largest absolute Gasteiger partial charge is 0.349 e. The minimum atomic E-state index is -0.334. The maximum absolute atomic E-state index is 12.7. The van der Waals surface area contributed by atoms with Gasteiger partial charge in [-0.1, -0.05) is 30.3 Å². The highest BCUT2D eigenvalue weighted by Gasteiger charge is 2.23. The van der Waals surface area contributed by atoms with Gasteiger partial charge in [0.2, 0.25) is 0 Å². The predicted molar refractivity (Wildman–Crippen MR) is 115 cm³/mol. The Morgan fingerprint density at radius 1 is 1.17 bits per heavy atom. The molecular formula is C23H27N5O2. The van der Waals surface area contributed by atoms with Crippen molar-refractivity contribution in [1.82, 2.24) is 25.1 Å². The molecule has 0 bridgehead atoms. The van der Waals surface area contributed by atoms with E-state index in [4.69, 9.17) is 0 Å². The van der Waals surface area contributed by atoms with Crippen LogP contribution in [-0.2, 0) is 25.8 Å². The van der Waals surface area contributed by atoms with Crippen LogP contribution in [0.3, 0.4) is 0 Å². The van der Waals surface area contributed by atoms with Gasteiger partial charge in [-0.3, -0.25) is 9.59 Å². The van der Waals surface area contributed by atoms with Gasteiger partial charge < -0.3 is 14.9 Å². The summed E-state index contributed by atoms with van der Waals surface area (Å²) in [7, 11) is 0. The first-order chi connectivity index (χ1) is 14.5. The lowest BCUT2D eigenvalue weighted by Gasteiger charge is -2.17. The summed E-state index contributed by atoms with van der Waals surface area (Å²) in [6.45, 7) is 4.37. The zero-order valence-electron chi connectivity index (χ0n) is 17.4. The summed E-state index contributed by atoms with van der Waals surface area (Å²) in [6.07, 6.45) is 4.09. The Bertz CT molecular complexity index is 1100. The molecule has 0 radical (unpaired) electrons. The van der Waals surface area contributed by atoms with Crippen LogP contribution in [0.4, 0.5) is 0 Å². The van der Waals surface area contributed by atoms with E-state index in [1.165, 1.54) is 5.56 Å². The number of carbonyl (C=O) groups excluding carboxylic acids is 1. The number of nitrogens with zero attached hydrogens (tertiary/aromatic N) is 3. The summed E-state index contributed by atoms with van der Waals surface area (Å²) in [4.78, 5) is 27.7. The molecule has 1 unspecified atom stereocenters. The number of aryl methyl sites for hydroxylation is 5. The zero-order valence-corrected chi connectivity index (χ0v) is 17.4. The highest BCUT2D eigenvalue weighted by Crippen LogP contribution is 2.17.